The van der Waals surface area contributed by atoms with Crippen molar-refractivity contribution in [3.05, 3.63) is 34.1 Å². The van der Waals surface area contributed by atoms with Crippen molar-refractivity contribution in [1.29, 1.82) is 0 Å². The first-order valence-electron chi connectivity index (χ1n) is 4.78. The third kappa shape index (κ3) is 3.33. The SMILES string of the molecule is CCC[C@H](N)c1c(Cl)ccc(C)c1F.Cl. The minimum absolute atomic E-state index is 0. The molecule has 0 radical (unpaired) electrons. The molecule has 0 aromatic heterocycles. The molecule has 0 fully saturated rings. The van der Waals surface area contributed by atoms with Gasteiger partial charge in [0.05, 0.1) is 0 Å². The van der Waals surface area contributed by atoms with Crippen molar-refractivity contribution in [3.8, 4) is 0 Å². The lowest BCUT2D eigenvalue weighted by Crippen LogP contribution is -2.13. The molecule has 0 amide bonds. The molecule has 0 saturated carbocycles. The highest BCUT2D eigenvalue weighted by Crippen LogP contribution is 2.28. The second kappa shape index (κ2) is 6.31. The molecule has 1 aromatic carbocycles. The molecule has 0 aliphatic carbocycles. The molecule has 86 valence electrons. The van der Waals surface area contributed by atoms with Crippen LogP contribution in [0.2, 0.25) is 5.02 Å². The van der Waals surface area contributed by atoms with Crippen molar-refractivity contribution in [2.75, 3.05) is 0 Å². The maximum Gasteiger partial charge on any atom is 0.132 e. The molecule has 0 aliphatic heterocycles. The molecule has 1 atom stereocenters. The summed E-state index contributed by atoms with van der Waals surface area (Å²) >= 11 is 5.91. The lowest BCUT2D eigenvalue weighted by atomic mass is 10.0. The second-order valence-electron chi connectivity index (χ2n) is 3.49. The average molecular weight is 252 g/mol. The van der Waals surface area contributed by atoms with Gasteiger partial charge in [-0.3, -0.25) is 0 Å². The summed E-state index contributed by atoms with van der Waals surface area (Å²) in [5.41, 5.74) is 6.90. The van der Waals surface area contributed by atoms with E-state index in [1.165, 1.54) is 0 Å². The zero-order valence-electron chi connectivity index (χ0n) is 8.89. The van der Waals surface area contributed by atoms with E-state index in [9.17, 15) is 4.39 Å². The zero-order chi connectivity index (χ0) is 10.7. The smallest absolute Gasteiger partial charge is 0.132 e. The fourth-order valence-corrected chi connectivity index (χ4v) is 1.76. The molecule has 0 unspecified atom stereocenters. The minimum Gasteiger partial charge on any atom is -0.324 e. The van der Waals surface area contributed by atoms with E-state index in [1.807, 2.05) is 6.92 Å². The molecule has 4 heteroatoms. The number of aryl methyl sites for hydroxylation is 1. The van der Waals surface area contributed by atoms with Crippen LogP contribution in [0.1, 0.15) is 36.9 Å². The van der Waals surface area contributed by atoms with Gasteiger partial charge in [-0.05, 0) is 25.0 Å². The number of benzene rings is 1. The van der Waals surface area contributed by atoms with Crippen LogP contribution in [-0.4, -0.2) is 0 Å². The first kappa shape index (κ1) is 14.7. The van der Waals surface area contributed by atoms with Gasteiger partial charge in [-0.15, -0.1) is 12.4 Å². The first-order valence-corrected chi connectivity index (χ1v) is 5.15. The monoisotopic (exact) mass is 251 g/mol. The number of hydrogen-bond acceptors (Lipinski definition) is 1. The van der Waals surface area contributed by atoms with Crippen LogP contribution < -0.4 is 5.73 Å². The Morgan fingerprint density at radius 2 is 2.07 bits per heavy atom. The predicted molar refractivity (Wildman–Crippen MR) is 65.2 cm³/mol. The van der Waals surface area contributed by atoms with Gasteiger partial charge < -0.3 is 5.73 Å². The summed E-state index contributed by atoms with van der Waals surface area (Å²) in [7, 11) is 0. The average Bonchev–Trinajstić information content (AvgIpc) is 2.13. The highest BCUT2D eigenvalue weighted by molar-refractivity contribution is 6.31. The minimum atomic E-state index is -0.299. The van der Waals surface area contributed by atoms with Gasteiger partial charge in [0.25, 0.3) is 0 Å². The maximum atomic E-state index is 13.7. The van der Waals surface area contributed by atoms with Crippen LogP contribution >= 0.6 is 24.0 Å². The molecule has 0 heterocycles. The van der Waals surface area contributed by atoms with Gasteiger partial charge in [0.15, 0.2) is 0 Å². The van der Waals surface area contributed by atoms with Crippen LogP contribution in [0.3, 0.4) is 0 Å². The Morgan fingerprint density at radius 1 is 1.47 bits per heavy atom. The van der Waals surface area contributed by atoms with Gasteiger partial charge in [0.1, 0.15) is 5.82 Å². The molecule has 0 spiro atoms. The van der Waals surface area contributed by atoms with Crippen molar-refractivity contribution < 1.29 is 4.39 Å². The summed E-state index contributed by atoms with van der Waals surface area (Å²) < 4.78 is 13.7. The standard InChI is InChI=1S/C11H15ClFN.ClH/c1-3-4-9(14)10-8(12)6-5-7(2)11(10)13;/h5-6,9H,3-4,14H2,1-2H3;1H/t9-;/m0./s1. The summed E-state index contributed by atoms with van der Waals surface area (Å²) in [5.74, 6) is -0.265. The highest BCUT2D eigenvalue weighted by Gasteiger charge is 2.16. The van der Waals surface area contributed by atoms with Crippen molar-refractivity contribution >= 4 is 24.0 Å². The lowest BCUT2D eigenvalue weighted by molar-refractivity contribution is 0.554. The van der Waals surface area contributed by atoms with E-state index in [0.29, 0.717) is 16.1 Å². The van der Waals surface area contributed by atoms with Crippen molar-refractivity contribution in [3.63, 3.8) is 0 Å². The van der Waals surface area contributed by atoms with Gasteiger partial charge in [0, 0.05) is 16.6 Å². The third-order valence-corrected chi connectivity index (χ3v) is 2.62. The van der Waals surface area contributed by atoms with Crippen molar-refractivity contribution in [1.82, 2.24) is 0 Å². The summed E-state index contributed by atoms with van der Waals surface area (Å²) in [5, 5.41) is 0.425. The van der Waals surface area contributed by atoms with Crippen molar-refractivity contribution in [2.45, 2.75) is 32.7 Å². The normalized spacial score (nSPS) is 12.1. The maximum absolute atomic E-state index is 13.7. The van der Waals surface area contributed by atoms with Crippen LogP contribution in [-0.2, 0) is 0 Å². The highest BCUT2D eigenvalue weighted by atomic mass is 35.5. The van der Waals surface area contributed by atoms with Crippen LogP contribution in [0.25, 0.3) is 0 Å². The van der Waals surface area contributed by atoms with Crippen LogP contribution in [0.4, 0.5) is 4.39 Å². The molecule has 0 bridgehead atoms. The van der Waals surface area contributed by atoms with Gasteiger partial charge >= 0.3 is 0 Å². The molecule has 1 rings (SSSR count). The molecular formula is C11H16Cl2FN. The Morgan fingerprint density at radius 3 is 2.60 bits per heavy atom. The molecule has 1 aromatic rings. The Balaban J connectivity index is 0.00000196. The van der Waals surface area contributed by atoms with Gasteiger partial charge in [-0.2, -0.15) is 0 Å². The van der Waals surface area contributed by atoms with Crippen LogP contribution in [0.15, 0.2) is 12.1 Å². The van der Waals surface area contributed by atoms with E-state index < -0.39 is 0 Å². The van der Waals surface area contributed by atoms with Gasteiger partial charge in [-0.1, -0.05) is 31.0 Å². The topological polar surface area (TPSA) is 26.0 Å². The molecule has 2 N–H and O–H groups in total. The fraction of sp³-hybridized carbons (Fsp3) is 0.455. The Bertz CT molecular complexity index is 329. The predicted octanol–water partition coefficient (Wildman–Crippen LogP) is 4.01. The molecule has 15 heavy (non-hydrogen) atoms. The second-order valence-corrected chi connectivity index (χ2v) is 3.89. The van der Waals surface area contributed by atoms with Crippen LogP contribution in [0.5, 0.6) is 0 Å². The van der Waals surface area contributed by atoms with Gasteiger partial charge in [-0.25, -0.2) is 4.39 Å². The Labute approximate surface area is 101 Å². The third-order valence-electron chi connectivity index (χ3n) is 2.29. The van der Waals surface area contributed by atoms with E-state index in [1.54, 1.807) is 19.1 Å². The molecule has 0 saturated heterocycles. The number of rotatable bonds is 3. The van der Waals surface area contributed by atoms with Crippen LogP contribution in [0, 0.1) is 12.7 Å². The van der Waals surface area contributed by atoms with E-state index in [0.717, 1.165) is 12.8 Å². The Hall–Kier alpha value is -0.310. The summed E-state index contributed by atoms with van der Waals surface area (Å²) in [6.45, 7) is 3.73. The van der Waals surface area contributed by atoms with E-state index in [4.69, 9.17) is 17.3 Å². The molecule has 1 nitrogen and oxygen atoms in total. The molecule has 0 aliphatic rings. The summed E-state index contributed by atoms with van der Waals surface area (Å²) in [4.78, 5) is 0. The summed E-state index contributed by atoms with van der Waals surface area (Å²) in [6.07, 6.45) is 1.67. The number of hydrogen-bond donors (Lipinski definition) is 1. The van der Waals surface area contributed by atoms with E-state index in [2.05, 4.69) is 0 Å². The largest absolute Gasteiger partial charge is 0.324 e. The molecular weight excluding hydrogens is 236 g/mol. The van der Waals surface area contributed by atoms with Gasteiger partial charge in [0.2, 0.25) is 0 Å². The van der Waals surface area contributed by atoms with Crippen molar-refractivity contribution in [2.24, 2.45) is 5.73 Å². The quantitative estimate of drug-likeness (QED) is 0.864. The lowest BCUT2D eigenvalue weighted by Gasteiger charge is -2.14. The zero-order valence-corrected chi connectivity index (χ0v) is 10.5. The summed E-state index contributed by atoms with van der Waals surface area (Å²) in [6, 6.07) is 3.07. The van der Waals surface area contributed by atoms with E-state index in [-0.39, 0.29) is 24.3 Å². The Kier molecular flexibility index (Phi) is 6.18. The number of halogens is 3. The van der Waals surface area contributed by atoms with E-state index >= 15 is 0 Å². The number of nitrogens with two attached hydrogens (primary N) is 1. The first-order chi connectivity index (χ1) is 6.57. The fourth-order valence-electron chi connectivity index (χ4n) is 1.47.